The summed E-state index contributed by atoms with van der Waals surface area (Å²) in [5, 5.41) is 13.4. The van der Waals surface area contributed by atoms with Gasteiger partial charge in [-0.05, 0) is 54.2 Å². The fourth-order valence-corrected chi connectivity index (χ4v) is 4.61. The molecule has 4 nitrogen and oxygen atoms in total. The zero-order valence-electron chi connectivity index (χ0n) is 16.8. The predicted octanol–water partition coefficient (Wildman–Crippen LogP) is 4.68. The Labute approximate surface area is 167 Å². The van der Waals surface area contributed by atoms with E-state index >= 15 is 0 Å². The van der Waals surface area contributed by atoms with Crippen molar-refractivity contribution in [3.63, 3.8) is 0 Å². The Bertz CT molecular complexity index is 678. The van der Waals surface area contributed by atoms with E-state index in [4.69, 9.17) is 16.0 Å². The number of aliphatic hydroxyl groups excluding tert-OH is 1. The molecular formula is C20H31ClFNO3Si. The third-order valence-corrected chi connectivity index (χ3v) is 10.9. The van der Waals surface area contributed by atoms with Crippen LogP contribution in [0.5, 0.6) is 0 Å². The molecule has 1 aliphatic rings. The van der Waals surface area contributed by atoms with Crippen LogP contribution in [0.25, 0.3) is 0 Å². The molecule has 3 atom stereocenters. The molecule has 0 radical (unpaired) electrons. The summed E-state index contributed by atoms with van der Waals surface area (Å²) in [6, 6.07) is 3.61. The number of rotatable bonds is 6. The first-order valence-corrected chi connectivity index (χ1v) is 12.7. The summed E-state index contributed by atoms with van der Waals surface area (Å²) in [6.07, 6.45) is 1.00. The number of benzene rings is 1. The number of halogens is 2. The Hall–Kier alpha value is -0.953. The lowest BCUT2D eigenvalue weighted by molar-refractivity contribution is -0.127. The third kappa shape index (κ3) is 5.31. The van der Waals surface area contributed by atoms with Gasteiger partial charge in [0.15, 0.2) is 8.32 Å². The summed E-state index contributed by atoms with van der Waals surface area (Å²) in [5.74, 6) is -0.797. The van der Waals surface area contributed by atoms with Crippen LogP contribution in [0.15, 0.2) is 18.2 Å². The lowest BCUT2D eigenvalue weighted by atomic mass is 9.76. The minimum atomic E-state index is -1.87. The molecule has 27 heavy (non-hydrogen) atoms. The second-order valence-electron chi connectivity index (χ2n) is 8.92. The van der Waals surface area contributed by atoms with Gasteiger partial charge in [-0.25, -0.2) is 4.39 Å². The van der Waals surface area contributed by atoms with Crippen molar-refractivity contribution in [2.24, 2.45) is 11.8 Å². The Kier molecular flexibility index (Phi) is 7.11. The second-order valence-corrected chi connectivity index (χ2v) is 14.1. The lowest BCUT2D eigenvalue weighted by Gasteiger charge is -2.40. The van der Waals surface area contributed by atoms with Gasteiger partial charge >= 0.3 is 0 Å². The molecule has 1 unspecified atom stereocenters. The molecule has 1 heterocycles. The van der Waals surface area contributed by atoms with E-state index in [-0.39, 0.29) is 29.4 Å². The molecule has 0 saturated carbocycles. The Morgan fingerprint density at radius 1 is 1.37 bits per heavy atom. The molecule has 152 valence electrons. The highest BCUT2D eigenvalue weighted by molar-refractivity contribution is 6.74. The van der Waals surface area contributed by atoms with E-state index in [9.17, 15) is 14.3 Å². The van der Waals surface area contributed by atoms with Gasteiger partial charge in [0.25, 0.3) is 0 Å². The van der Waals surface area contributed by atoms with Crippen molar-refractivity contribution >= 4 is 25.8 Å². The number of hydrogen-bond donors (Lipinski definition) is 2. The second kappa shape index (κ2) is 8.60. The van der Waals surface area contributed by atoms with Crippen LogP contribution in [-0.4, -0.2) is 32.5 Å². The van der Waals surface area contributed by atoms with Gasteiger partial charge in [0.2, 0.25) is 5.91 Å². The van der Waals surface area contributed by atoms with Crippen LogP contribution in [-0.2, 0) is 9.22 Å². The standard InChI is InChI=1S/C20H31ClFNO3Si/c1-20(2,3)27(4,5)26-9-8-13-10-18(25)23-19(16(13)12-24)15-11-14(22)6-7-17(15)21/h6-7,11,13,16,19,24H,8-10,12H2,1-5H3,(H,23,25)/t13?,16-,19+/m1/s1. The highest BCUT2D eigenvalue weighted by atomic mass is 35.5. The number of hydrogen-bond acceptors (Lipinski definition) is 3. The first-order chi connectivity index (χ1) is 12.5. The van der Waals surface area contributed by atoms with Crippen molar-refractivity contribution in [1.82, 2.24) is 5.32 Å². The van der Waals surface area contributed by atoms with E-state index < -0.39 is 20.2 Å². The van der Waals surface area contributed by atoms with Crippen LogP contribution in [0.2, 0.25) is 23.2 Å². The molecule has 1 fully saturated rings. The van der Waals surface area contributed by atoms with E-state index in [0.717, 1.165) is 0 Å². The quantitative estimate of drug-likeness (QED) is 0.663. The first kappa shape index (κ1) is 22.3. The molecule has 0 bridgehead atoms. The number of aliphatic hydroxyl groups is 1. The van der Waals surface area contributed by atoms with Crippen molar-refractivity contribution in [1.29, 1.82) is 0 Å². The topological polar surface area (TPSA) is 58.6 Å². The van der Waals surface area contributed by atoms with Gasteiger partial charge in [0, 0.05) is 30.6 Å². The Balaban J connectivity index is 2.15. The van der Waals surface area contributed by atoms with Crippen LogP contribution in [0, 0.1) is 17.7 Å². The highest BCUT2D eigenvalue weighted by Crippen LogP contribution is 2.40. The number of nitrogens with one attached hydrogen (secondary N) is 1. The van der Waals surface area contributed by atoms with Gasteiger partial charge in [0.05, 0.1) is 6.04 Å². The largest absolute Gasteiger partial charge is 0.417 e. The molecule has 0 aliphatic carbocycles. The van der Waals surface area contributed by atoms with Crippen molar-refractivity contribution in [3.05, 3.63) is 34.6 Å². The first-order valence-electron chi connectivity index (χ1n) is 9.45. The zero-order chi connectivity index (χ0) is 20.4. The molecule has 1 amide bonds. The SMILES string of the molecule is CC(C)(C)[Si](C)(C)OCCC1CC(=O)N[C@@H](c2cc(F)ccc2Cl)[C@@H]1CO. The van der Waals surface area contributed by atoms with E-state index in [0.29, 0.717) is 30.0 Å². The third-order valence-electron chi connectivity index (χ3n) is 6.06. The van der Waals surface area contributed by atoms with Gasteiger partial charge in [-0.2, -0.15) is 0 Å². The summed E-state index contributed by atoms with van der Waals surface area (Å²) in [6.45, 7) is 11.4. The van der Waals surface area contributed by atoms with Crippen molar-refractivity contribution in [3.8, 4) is 0 Å². The van der Waals surface area contributed by atoms with Crippen LogP contribution >= 0.6 is 11.6 Å². The smallest absolute Gasteiger partial charge is 0.220 e. The average Bonchev–Trinajstić information content (AvgIpc) is 2.55. The van der Waals surface area contributed by atoms with Crippen molar-refractivity contribution < 1.29 is 18.7 Å². The normalized spacial score (nSPS) is 24.0. The maximum absolute atomic E-state index is 13.7. The minimum absolute atomic E-state index is 0.0437. The maximum atomic E-state index is 13.7. The molecule has 0 aromatic heterocycles. The molecule has 0 spiro atoms. The minimum Gasteiger partial charge on any atom is -0.417 e. The monoisotopic (exact) mass is 415 g/mol. The van der Waals surface area contributed by atoms with E-state index in [1.807, 2.05) is 0 Å². The summed E-state index contributed by atoms with van der Waals surface area (Å²) in [5.41, 5.74) is 0.513. The fraction of sp³-hybridized carbons (Fsp3) is 0.650. The van der Waals surface area contributed by atoms with Gasteiger partial charge in [-0.15, -0.1) is 0 Å². The van der Waals surface area contributed by atoms with Gasteiger partial charge in [-0.3, -0.25) is 4.79 Å². The number of carbonyl (C=O) groups is 1. The number of amides is 1. The maximum Gasteiger partial charge on any atom is 0.220 e. The number of carbonyl (C=O) groups excluding carboxylic acids is 1. The van der Waals surface area contributed by atoms with Gasteiger partial charge in [-0.1, -0.05) is 32.4 Å². The molecular weight excluding hydrogens is 385 g/mol. The Morgan fingerprint density at radius 3 is 2.63 bits per heavy atom. The molecule has 2 N–H and O–H groups in total. The summed E-state index contributed by atoms with van der Waals surface area (Å²) < 4.78 is 20.0. The molecule has 1 aliphatic heterocycles. The molecule has 1 aromatic rings. The molecule has 2 rings (SSSR count). The Morgan fingerprint density at radius 2 is 2.04 bits per heavy atom. The van der Waals surface area contributed by atoms with Gasteiger partial charge in [0.1, 0.15) is 5.82 Å². The average molecular weight is 416 g/mol. The van der Waals surface area contributed by atoms with Crippen LogP contribution in [0.3, 0.4) is 0 Å². The van der Waals surface area contributed by atoms with Gasteiger partial charge < -0.3 is 14.8 Å². The fourth-order valence-electron chi connectivity index (χ4n) is 3.31. The van der Waals surface area contributed by atoms with Crippen LogP contribution in [0.1, 0.15) is 45.2 Å². The summed E-state index contributed by atoms with van der Waals surface area (Å²) in [4.78, 5) is 12.3. The van der Waals surface area contributed by atoms with E-state index in [2.05, 4.69) is 39.2 Å². The number of piperidine rings is 1. The zero-order valence-corrected chi connectivity index (χ0v) is 18.6. The molecule has 1 saturated heterocycles. The lowest BCUT2D eigenvalue weighted by Crippen LogP contribution is -2.46. The van der Waals surface area contributed by atoms with Crippen LogP contribution < -0.4 is 5.32 Å². The van der Waals surface area contributed by atoms with E-state index in [1.165, 1.54) is 18.2 Å². The van der Waals surface area contributed by atoms with Crippen molar-refractivity contribution in [2.75, 3.05) is 13.2 Å². The van der Waals surface area contributed by atoms with Crippen molar-refractivity contribution in [2.45, 2.75) is 57.8 Å². The van der Waals surface area contributed by atoms with E-state index in [1.54, 1.807) is 0 Å². The molecule has 1 aromatic carbocycles. The highest BCUT2D eigenvalue weighted by Gasteiger charge is 2.40. The summed E-state index contributed by atoms with van der Waals surface area (Å²) in [7, 11) is -1.87. The summed E-state index contributed by atoms with van der Waals surface area (Å²) >= 11 is 6.24. The predicted molar refractivity (Wildman–Crippen MR) is 109 cm³/mol. The van der Waals surface area contributed by atoms with Crippen LogP contribution in [0.4, 0.5) is 4.39 Å². The molecule has 7 heteroatoms.